The van der Waals surface area contributed by atoms with E-state index in [1.807, 2.05) is 38.1 Å². The Morgan fingerprint density at radius 3 is 2.59 bits per heavy atom. The summed E-state index contributed by atoms with van der Waals surface area (Å²) in [6.45, 7) is 4.44. The third-order valence-electron chi connectivity index (χ3n) is 3.77. The first kappa shape index (κ1) is 14.7. The molecule has 0 radical (unpaired) electrons. The van der Waals surface area contributed by atoms with Crippen molar-refractivity contribution in [2.75, 3.05) is 11.5 Å². The summed E-state index contributed by atoms with van der Waals surface area (Å²) in [6.07, 6.45) is 0. The molecule has 0 aliphatic carbocycles. The lowest BCUT2D eigenvalue weighted by Gasteiger charge is -2.27. The molecular weight excluding hydrogens is 281 g/mol. The van der Waals surface area contributed by atoms with Gasteiger partial charge in [0.1, 0.15) is 12.4 Å². The zero-order valence-electron chi connectivity index (χ0n) is 12.7. The van der Waals surface area contributed by atoms with Gasteiger partial charge in [0.15, 0.2) is 0 Å². The number of ether oxygens (including phenoxy) is 1. The van der Waals surface area contributed by atoms with E-state index in [1.165, 1.54) is 12.1 Å². The van der Waals surface area contributed by atoms with E-state index in [2.05, 4.69) is 0 Å². The van der Waals surface area contributed by atoms with Crippen LogP contribution in [-0.2, 0) is 16.1 Å². The SMILES string of the molecule is CC(C)N1C(=O)COCc2ccc(-c3cccc(F)c3)cc21. The predicted molar refractivity (Wildman–Crippen MR) is 84.1 cm³/mol. The highest BCUT2D eigenvalue weighted by molar-refractivity contribution is 5.96. The number of hydrogen-bond donors (Lipinski definition) is 0. The molecule has 2 aromatic carbocycles. The second kappa shape index (κ2) is 5.89. The van der Waals surface area contributed by atoms with Gasteiger partial charge in [-0.2, -0.15) is 0 Å². The fourth-order valence-corrected chi connectivity index (χ4v) is 2.78. The van der Waals surface area contributed by atoms with Gasteiger partial charge in [0.05, 0.1) is 12.3 Å². The lowest BCUT2D eigenvalue weighted by atomic mass is 10.0. The van der Waals surface area contributed by atoms with Crippen molar-refractivity contribution in [3.8, 4) is 11.1 Å². The second-order valence-corrected chi connectivity index (χ2v) is 5.70. The van der Waals surface area contributed by atoms with Gasteiger partial charge in [-0.15, -0.1) is 0 Å². The molecule has 1 aliphatic rings. The monoisotopic (exact) mass is 299 g/mol. The van der Waals surface area contributed by atoms with Crippen LogP contribution in [-0.4, -0.2) is 18.6 Å². The van der Waals surface area contributed by atoms with E-state index in [9.17, 15) is 9.18 Å². The zero-order valence-corrected chi connectivity index (χ0v) is 12.7. The maximum Gasteiger partial charge on any atom is 0.253 e. The van der Waals surface area contributed by atoms with E-state index in [-0.39, 0.29) is 24.4 Å². The van der Waals surface area contributed by atoms with Gasteiger partial charge in [0.2, 0.25) is 0 Å². The molecule has 1 heterocycles. The third-order valence-corrected chi connectivity index (χ3v) is 3.77. The molecule has 22 heavy (non-hydrogen) atoms. The molecule has 4 heteroatoms. The number of halogens is 1. The fourth-order valence-electron chi connectivity index (χ4n) is 2.78. The van der Waals surface area contributed by atoms with Crippen LogP contribution in [0.2, 0.25) is 0 Å². The first-order valence-electron chi connectivity index (χ1n) is 7.35. The highest BCUT2D eigenvalue weighted by Crippen LogP contribution is 2.32. The number of amides is 1. The minimum absolute atomic E-state index is 0.0377. The Morgan fingerprint density at radius 2 is 1.86 bits per heavy atom. The Morgan fingerprint density at radius 1 is 1.09 bits per heavy atom. The number of fused-ring (bicyclic) bond motifs is 1. The van der Waals surface area contributed by atoms with Crippen molar-refractivity contribution in [2.45, 2.75) is 26.5 Å². The summed E-state index contributed by atoms with van der Waals surface area (Å²) in [7, 11) is 0. The topological polar surface area (TPSA) is 29.5 Å². The second-order valence-electron chi connectivity index (χ2n) is 5.70. The van der Waals surface area contributed by atoms with Gasteiger partial charge in [-0.25, -0.2) is 4.39 Å². The number of anilines is 1. The van der Waals surface area contributed by atoms with Gasteiger partial charge in [-0.05, 0) is 43.2 Å². The van der Waals surface area contributed by atoms with Crippen LogP contribution in [0.15, 0.2) is 42.5 Å². The van der Waals surface area contributed by atoms with Gasteiger partial charge >= 0.3 is 0 Å². The number of carbonyl (C=O) groups excluding carboxylic acids is 1. The van der Waals surface area contributed by atoms with Crippen molar-refractivity contribution in [1.29, 1.82) is 0 Å². The zero-order chi connectivity index (χ0) is 15.7. The number of nitrogens with zero attached hydrogens (tertiary/aromatic N) is 1. The van der Waals surface area contributed by atoms with E-state index >= 15 is 0 Å². The van der Waals surface area contributed by atoms with Gasteiger partial charge < -0.3 is 9.64 Å². The lowest BCUT2D eigenvalue weighted by Crippen LogP contribution is -2.38. The Balaban J connectivity index is 2.11. The molecule has 0 spiro atoms. The quantitative estimate of drug-likeness (QED) is 0.845. The van der Waals surface area contributed by atoms with E-state index in [0.717, 1.165) is 22.4 Å². The summed E-state index contributed by atoms with van der Waals surface area (Å²) in [5.41, 5.74) is 3.50. The molecule has 0 saturated heterocycles. The van der Waals surface area contributed by atoms with Crippen LogP contribution in [0.3, 0.4) is 0 Å². The molecule has 0 atom stereocenters. The summed E-state index contributed by atoms with van der Waals surface area (Å²) < 4.78 is 18.9. The Hall–Kier alpha value is -2.20. The number of hydrogen-bond acceptors (Lipinski definition) is 2. The van der Waals surface area contributed by atoms with E-state index in [1.54, 1.807) is 11.0 Å². The van der Waals surface area contributed by atoms with Gasteiger partial charge in [0, 0.05) is 11.6 Å². The van der Waals surface area contributed by atoms with Crippen LogP contribution in [0, 0.1) is 5.82 Å². The predicted octanol–water partition coefficient (Wildman–Crippen LogP) is 3.76. The molecule has 114 valence electrons. The van der Waals surface area contributed by atoms with Crippen LogP contribution < -0.4 is 4.90 Å². The third kappa shape index (κ3) is 2.74. The minimum Gasteiger partial charge on any atom is -0.367 e. The molecular formula is C18H18FNO2. The molecule has 0 saturated carbocycles. The van der Waals surface area contributed by atoms with E-state index in [0.29, 0.717) is 6.61 Å². The first-order chi connectivity index (χ1) is 10.6. The van der Waals surface area contributed by atoms with E-state index < -0.39 is 0 Å². The average molecular weight is 299 g/mol. The summed E-state index contributed by atoms with van der Waals surface area (Å²) in [6, 6.07) is 12.3. The van der Waals surface area contributed by atoms with E-state index in [4.69, 9.17) is 4.74 Å². The standard InChI is InChI=1S/C18H18FNO2/c1-12(2)20-17-9-14(13-4-3-5-16(19)8-13)6-7-15(17)10-22-11-18(20)21/h3-9,12H,10-11H2,1-2H3. The summed E-state index contributed by atoms with van der Waals surface area (Å²) in [5, 5.41) is 0. The largest absolute Gasteiger partial charge is 0.367 e. The normalized spacial score (nSPS) is 14.9. The Labute approximate surface area is 129 Å². The van der Waals surface area contributed by atoms with Crippen molar-refractivity contribution < 1.29 is 13.9 Å². The summed E-state index contributed by atoms with van der Waals surface area (Å²) in [5.74, 6) is -0.322. The molecule has 0 fully saturated rings. The van der Waals surface area contributed by atoms with Crippen LogP contribution in [0.5, 0.6) is 0 Å². The average Bonchev–Trinajstić information content (AvgIpc) is 2.64. The molecule has 0 N–H and O–H groups in total. The molecule has 1 aliphatic heterocycles. The number of carbonyl (C=O) groups is 1. The molecule has 0 aromatic heterocycles. The van der Waals surface area contributed by atoms with Gasteiger partial charge in [-0.1, -0.05) is 24.3 Å². The summed E-state index contributed by atoms with van der Waals surface area (Å²) >= 11 is 0. The van der Waals surface area contributed by atoms with Crippen LogP contribution in [0.4, 0.5) is 10.1 Å². The molecule has 0 bridgehead atoms. The highest BCUT2D eigenvalue weighted by Gasteiger charge is 2.25. The van der Waals surface area contributed by atoms with Crippen molar-refractivity contribution in [3.05, 3.63) is 53.8 Å². The maximum atomic E-state index is 13.4. The number of benzene rings is 2. The van der Waals surface area contributed by atoms with Gasteiger partial charge in [0.25, 0.3) is 5.91 Å². The molecule has 0 unspecified atom stereocenters. The molecule has 2 aromatic rings. The van der Waals surface area contributed by atoms with Crippen molar-refractivity contribution >= 4 is 11.6 Å². The number of rotatable bonds is 2. The van der Waals surface area contributed by atoms with Crippen molar-refractivity contribution in [3.63, 3.8) is 0 Å². The van der Waals surface area contributed by atoms with Crippen molar-refractivity contribution in [2.24, 2.45) is 0 Å². The minimum atomic E-state index is -0.271. The smallest absolute Gasteiger partial charge is 0.253 e. The van der Waals surface area contributed by atoms with Crippen LogP contribution in [0.25, 0.3) is 11.1 Å². The molecule has 3 rings (SSSR count). The van der Waals surface area contributed by atoms with Crippen LogP contribution in [0.1, 0.15) is 19.4 Å². The Bertz CT molecular complexity index is 712. The summed E-state index contributed by atoms with van der Waals surface area (Å²) in [4.78, 5) is 14.0. The molecule has 3 nitrogen and oxygen atoms in total. The van der Waals surface area contributed by atoms with Crippen LogP contribution >= 0.6 is 0 Å². The fraction of sp³-hybridized carbons (Fsp3) is 0.278. The Kier molecular flexibility index (Phi) is 3.94. The lowest BCUT2D eigenvalue weighted by molar-refractivity contribution is -0.123. The van der Waals surface area contributed by atoms with Crippen molar-refractivity contribution in [1.82, 2.24) is 0 Å². The first-order valence-corrected chi connectivity index (χ1v) is 7.35. The maximum absolute atomic E-state index is 13.4. The highest BCUT2D eigenvalue weighted by atomic mass is 19.1. The van der Waals surface area contributed by atoms with Gasteiger partial charge in [-0.3, -0.25) is 4.79 Å². The molecule has 1 amide bonds.